The Hall–Kier alpha value is -1.76. The van der Waals surface area contributed by atoms with Crippen molar-refractivity contribution in [2.24, 2.45) is 0 Å². The monoisotopic (exact) mass is 237 g/mol. The molecule has 0 unspecified atom stereocenters. The number of anilines is 1. The highest BCUT2D eigenvalue weighted by Gasteiger charge is 2.36. The van der Waals surface area contributed by atoms with Crippen LogP contribution in [0.2, 0.25) is 0 Å². The fourth-order valence-electron chi connectivity index (χ4n) is 3.12. The molecule has 0 fully saturated rings. The summed E-state index contributed by atoms with van der Waals surface area (Å²) in [5.74, 6) is 0. The summed E-state index contributed by atoms with van der Waals surface area (Å²) in [6.45, 7) is 8.75. The Morgan fingerprint density at radius 1 is 1.17 bits per heavy atom. The topological polar surface area (TPSA) is 3.24 Å². The van der Waals surface area contributed by atoms with Gasteiger partial charge >= 0.3 is 0 Å². The first-order chi connectivity index (χ1) is 8.51. The van der Waals surface area contributed by atoms with Crippen LogP contribution in [0.15, 0.2) is 59.8 Å². The third-order valence-electron chi connectivity index (χ3n) is 4.24. The molecule has 1 heteroatoms. The minimum atomic E-state index is 0.0894. The van der Waals surface area contributed by atoms with Gasteiger partial charge in [0.05, 0.1) is 0 Å². The van der Waals surface area contributed by atoms with Gasteiger partial charge in [0.1, 0.15) is 0 Å². The lowest BCUT2D eigenvalue weighted by molar-refractivity contribution is 0.583. The van der Waals surface area contributed by atoms with Gasteiger partial charge in [-0.05, 0) is 29.7 Å². The molecule has 0 radical (unpaired) electrons. The fraction of sp³-hybridized carbons (Fsp3) is 0.294. The molecule has 0 atom stereocenters. The zero-order valence-electron chi connectivity index (χ0n) is 11.3. The summed E-state index contributed by atoms with van der Waals surface area (Å²) in [5, 5.41) is 0. The summed E-state index contributed by atoms with van der Waals surface area (Å²) in [6, 6.07) is 8.70. The predicted octanol–water partition coefficient (Wildman–Crippen LogP) is 4.18. The summed E-state index contributed by atoms with van der Waals surface area (Å²) >= 11 is 0. The zero-order valence-corrected chi connectivity index (χ0v) is 11.3. The molecular formula is C17H19N. The van der Waals surface area contributed by atoms with Gasteiger partial charge < -0.3 is 4.90 Å². The number of rotatable bonds is 0. The maximum atomic E-state index is 4.11. The van der Waals surface area contributed by atoms with E-state index in [-0.39, 0.29) is 5.41 Å². The van der Waals surface area contributed by atoms with E-state index in [0.29, 0.717) is 0 Å². The summed E-state index contributed by atoms with van der Waals surface area (Å²) in [5.41, 5.74) is 6.84. The van der Waals surface area contributed by atoms with Crippen molar-refractivity contribution < 1.29 is 0 Å². The zero-order chi connectivity index (χ0) is 12.9. The molecule has 3 rings (SSSR count). The number of para-hydroxylation sites is 1. The lowest BCUT2D eigenvalue weighted by Crippen LogP contribution is -2.35. The van der Waals surface area contributed by atoms with Crippen LogP contribution in [-0.2, 0) is 5.41 Å². The van der Waals surface area contributed by atoms with Gasteiger partial charge in [-0.25, -0.2) is 0 Å². The van der Waals surface area contributed by atoms with Crippen molar-refractivity contribution in [1.82, 2.24) is 0 Å². The number of likely N-dealkylation sites (N-methyl/N-ethyl adjacent to an activating group) is 1. The first-order valence-electron chi connectivity index (χ1n) is 6.44. The molecule has 0 amide bonds. The van der Waals surface area contributed by atoms with E-state index in [2.05, 4.69) is 68.8 Å². The highest BCUT2D eigenvalue weighted by molar-refractivity contribution is 5.70. The highest BCUT2D eigenvalue weighted by atomic mass is 15.1. The summed E-state index contributed by atoms with van der Waals surface area (Å²) in [7, 11) is 2.15. The summed E-state index contributed by atoms with van der Waals surface area (Å²) in [6.07, 6.45) is 5.33. The molecule has 1 aromatic carbocycles. The van der Waals surface area contributed by atoms with Gasteiger partial charge in [-0.2, -0.15) is 0 Å². The first kappa shape index (κ1) is 11.3. The molecule has 0 saturated heterocycles. The molecule has 18 heavy (non-hydrogen) atoms. The predicted molar refractivity (Wildman–Crippen MR) is 77.8 cm³/mol. The molecule has 92 valence electrons. The molecule has 2 aliphatic rings. The van der Waals surface area contributed by atoms with E-state index in [4.69, 9.17) is 0 Å². The van der Waals surface area contributed by atoms with E-state index in [0.717, 1.165) is 6.42 Å². The van der Waals surface area contributed by atoms with Gasteiger partial charge in [0, 0.05) is 23.8 Å². The van der Waals surface area contributed by atoms with E-state index < -0.39 is 0 Å². The molecular weight excluding hydrogens is 218 g/mol. The Kier molecular flexibility index (Phi) is 2.28. The van der Waals surface area contributed by atoms with Crippen LogP contribution in [0.25, 0.3) is 0 Å². The average Bonchev–Trinajstić information content (AvgIpc) is 2.36. The fourth-order valence-corrected chi connectivity index (χ4v) is 3.12. The minimum absolute atomic E-state index is 0.0894. The SMILES string of the molecule is C=C1C=CC2=C(C1)C(C)(C)c1ccccc1N2C. The van der Waals surface area contributed by atoms with Gasteiger partial charge in [-0.15, -0.1) is 0 Å². The molecule has 0 bridgehead atoms. The standard InChI is InChI=1S/C17H19N/c1-12-9-10-16-14(11-12)17(2,3)13-7-5-6-8-15(13)18(16)4/h5-10H,1,11H2,2-4H3. The Balaban J connectivity index is 2.26. The Morgan fingerprint density at radius 3 is 2.67 bits per heavy atom. The quantitative estimate of drug-likeness (QED) is 0.654. The van der Waals surface area contributed by atoms with Crippen LogP contribution in [0.5, 0.6) is 0 Å². The normalized spacial score (nSPS) is 20.8. The molecule has 1 aliphatic heterocycles. The van der Waals surface area contributed by atoms with E-state index >= 15 is 0 Å². The van der Waals surface area contributed by atoms with Crippen LogP contribution in [0.3, 0.4) is 0 Å². The number of hydrogen-bond acceptors (Lipinski definition) is 1. The van der Waals surface area contributed by atoms with Crippen LogP contribution < -0.4 is 4.90 Å². The molecule has 0 N–H and O–H groups in total. The Labute approximate surface area is 109 Å². The third-order valence-corrected chi connectivity index (χ3v) is 4.24. The van der Waals surface area contributed by atoms with E-state index in [1.54, 1.807) is 0 Å². The number of fused-ring (bicyclic) bond motifs is 1. The second-order valence-electron chi connectivity index (χ2n) is 5.73. The lowest BCUT2D eigenvalue weighted by atomic mass is 9.70. The lowest BCUT2D eigenvalue weighted by Gasteiger charge is -2.43. The van der Waals surface area contributed by atoms with Crippen molar-refractivity contribution in [3.63, 3.8) is 0 Å². The van der Waals surface area contributed by atoms with Gasteiger partial charge in [-0.3, -0.25) is 0 Å². The number of nitrogens with zero attached hydrogens (tertiary/aromatic N) is 1. The molecule has 0 aromatic heterocycles. The minimum Gasteiger partial charge on any atom is -0.344 e. The van der Waals surface area contributed by atoms with Gasteiger partial charge in [0.2, 0.25) is 0 Å². The van der Waals surface area contributed by atoms with Crippen molar-refractivity contribution in [2.75, 3.05) is 11.9 Å². The Morgan fingerprint density at radius 2 is 1.89 bits per heavy atom. The highest BCUT2D eigenvalue weighted by Crippen LogP contribution is 2.48. The molecule has 0 saturated carbocycles. The number of allylic oxidation sites excluding steroid dienone is 4. The molecule has 1 nitrogen and oxygen atoms in total. The van der Waals surface area contributed by atoms with Crippen LogP contribution in [0.1, 0.15) is 25.8 Å². The Bertz CT molecular complexity index is 587. The van der Waals surface area contributed by atoms with Crippen LogP contribution in [0, 0.1) is 0 Å². The van der Waals surface area contributed by atoms with Crippen LogP contribution >= 0.6 is 0 Å². The van der Waals surface area contributed by atoms with E-state index in [9.17, 15) is 0 Å². The summed E-state index contributed by atoms with van der Waals surface area (Å²) in [4.78, 5) is 2.30. The maximum absolute atomic E-state index is 4.11. The third kappa shape index (κ3) is 1.40. The summed E-state index contributed by atoms with van der Waals surface area (Å²) < 4.78 is 0. The smallest absolute Gasteiger partial charge is 0.0449 e. The maximum Gasteiger partial charge on any atom is 0.0449 e. The van der Waals surface area contributed by atoms with Gasteiger partial charge in [-0.1, -0.05) is 50.3 Å². The second kappa shape index (κ2) is 3.61. The van der Waals surface area contributed by atoms with Crippen molar-refractivity contribution >= 4 is 5.69 Å². The van der Waals surface area contributed by atoms with Crippen LogP contribution in [0.4, 0.5) is 5.69 Å². The molecule has 1 heterocycles. The van der Waals surface area contributed by atoms with Gasteiger partial charge in [0.15, 0.2) is 0 Å². The van der Waals surface area contributed by atoms with E-state index in [1.807, 2.05) is 0 Å². The number of benzene rings is 1. The van der Waals surface area contributed by atoms with Crippen molar-refractivity contribution in [1.29, 1.82) is 0 Å². The molecule has 1 aromatic rings. The second-order valence-corrected chi connectivity index (χ2v) is 5.73. The number of hydrogen-bond donors (Lipinski definition) is 0. The average molecular weight is 237 g/mol. The largest absolute Gasteiger partial charge is 0.344 e. The molecule has 1 aliphatic carbocycles. The van der Waals surface area contributed by atoms with Gasteiger partial charge in [0.25, 0.3) is 0 Å². The van der Waals surface area contributed by atoms with Crippen molar-refractivity contribution in [3.8, 4) is 0 Å². The van der Waals surface area contributed by atoms with E-state index in [1.165, 1.54) is 28.1 Å². The molecule has 0 spiro atoms. The van der Waals surface area contributed by atoms with Crippen molar-refractivity contribution in [3.05, 3.63) is 65.4 Å². The first-order valence-corrected chi connectivity index (χ1v) is 6.44. The van der Waals surface area contributed by atoms with Crippen LogP contribution in [-0.4, -0.2) is 7.05 Å². The van der Waals surface area contributed by atoms with Crippen molar-refractivity contribution in [2.45, 2.75) is 25.7 Å².